The lowest BCUT2D eigenvalue weighted by Gasteiger charge is -2.12. The highest BCUT2D eigenvalue weighted by atomic mass is 32.2. The molecule has 0 saturated heterocycles. The summed E-state index contributed by atoms with van der Waals surface area (Å²) >= 11 is 0. The van der Waals surface area contributed by atoms with Crippen LogP contribution in [0.25, 0.3) is 21.9 Å². The number of ether oxygens (including phenoxy) is 1. The molecule has 0 aliphatic heterocycles. The van der Waals surface area contributed by atoms with Crippen LogP contribution in [-0.2, 0) is 10.0 Å². The molecule has 138 valence electrons. The number of para-hydroxylation sites is 1. The zero-order valence-electron chi connectivity index (χ0n) is 14.0. The first kappa shape index (κ1) is 17.3. The molecule has 0 saturated carbocycles. The van der Waals surface area contributed by atoms with Crippen molar-refractivity contribution < 1.29 is 26.4 Å². The minimum atomic E-state index is -4.31. The first-order valence-corrected chi connectivity index (χ1v) is 9.34. The molecule has 4 aromatic rings. The lowest BCUT2D eigenvalue weighted by molar-refractivity contribution is 0.417. The molecule has 5 nitrogen and oxygen atoms in total. The van der Waals surface area contributed by atoms with E-state index in [9.17, 15) is 17.2 Å². The third-order valence-electron chi connectivity index (χ3n) is 4.13. The van der Waals surface area contributed by atoms with Gasteiger partial charge in [0.15, 0.2) is 0 Å². The highest BCUT2D eigenvalue weighted by molar-refractivity contribution is 7.92. The van der Waals surface area contributed by atoms with Gasteiger partial charge in [-0.05, 0) is 24.3 Å². The molecular weight excluding hydrogens is 376 g/mol. The zero-order chi connectivity index (χ0) is 19.2. The first-order chi connectivity index (χ1) is 12.9. The Morgan fingerprint density at radius 1 is 0.963 bits per heavy atom. The second kappa shape index (κ2) is 6.24. The second-order valence-electron chi connectivity index (χ2n) is 5.83. The molecule has 0 atom stereocenters. The molecule has 0 radical (unpaired) electrons. The Hall–Kier alpha value is -3.13. The normalized spacial score (nSPS) is 11.8. The maximum atomic E-state index is 13.9. The number of nitrogens with one attached hydrogen (secondary N) is 1. The third-order valence-corrected chi connectivity index (χ3v) is 5.53. The molecule has 8 heteroatoms. The van der Waals surface area contributed by atoms with E-state index in [0.717, 1.165) is 22.9 Å². The Balaban J connectivity index is 1.84. The van der Waals surface area contributed by atoms with Gasteiger partial charge in [0.1, 0.15) is 33.4 Å². The van der Waals surface area contributed by atoms with Gasteiger partial charge in [0.05, 0.1) is 12.8 Å². The van der Waals surface area contributed by atoms with Gasteiger partial charge in [-0.1, -0.05) is 18.2 Å². The van der Waals surface area contributed by atoms with Crippen molar-refractivity contribution in [2.45, 2.75) is 4.90 Å². The average Bonchev–Trinajstić information content (AvgIpc) is 2.97. The van der Waals surface area contributed by atoms with Gasteiger partial charge in [-0.25, -0.2) is 17.2 Å². The quantitative estimate of drug-likeness (QED) is 0.551. The number of halogens is 2. The smallest absolute Gasteiger partial charge is 0.264 e. The number of anilines is 1. The van der Waals surface area contributed by atoms with Crippen LogP contribution in [0.1, 0.15) is 0 Å². The van der Waals surface area contributed by atoms with Crippen molar-refractivity contribution in [3.63, 3.8) is 0 Å². The molecule has 27 heavy (non-hydrogen) atoms. The van der Waals surface area contributed by atoms with Gasteiger partial charge < -0.3 is 9.15 Å². The van der Waals surface area contributed by atoms with Crippen LogP contribution in [0.2, 0.25) is 0 Å². The summed E-state index contributed by atoms with van der Waals surface area (Å²) in [6, 6.07) is 12.7. The number of methoxy groups -OCH3 is 1. The summed E-state index contributed by atoms with van der Waals surface area (Å²) in [5.41, 5.74) is 1.15. The van der Waals surface area contributed by atoms with Gasteiger partial charge in [0.25, 0.3) is 10.0 Å². The van der Waals surface area contributed by atoms with Gasteiger partial charge in [-0.2, -0.15) is 0 Å². The molecule has 0 bridgehead atoms. The van der Waals surface area contributed by atoms with Crippen LogP contribution in [0.15, 0.2) is 63.9 Å². The number of hydrogen-bond acceptors (Lipinski definition) is 4. The molecule has 0 aliphatic carbocycles. The van der Waals surface area contributed by atoms with Gasteiger partial charge in [0, 0.05) is 22.9 Å². The van der Waals surface area contributed by atoms with Crippen molar-refractivity contribution in [3.8, 4) is 5.75 Å². The highest BCUT2D eigenvalue weighted by Gasteiger charge is 2.22. The van der Waals surface area contributed by atoms with Crippen LogP contribution < -0.4 is 9.46 Å². The standard InChI is InChI=1S/C19H13F2NO4S/c1-25-18-9-13-12-4-2-3-5-16(12)26-17(13)10-15(18)22-27(23,24)19-7-6-11(20)8-14(19)21/h2-10,22H,1H3. The molecule has 1 aromatic heterocycles. The summed E-state index contributed by atoms with van der Waals surface area (Å²) in [7, 11) is -2.92. The summed E-state index contributed by atoms with van der Waals surface area (Å²) in [6.07, 6.45) is 0. The summed E-state index contributed by atoms with van der Waals surface area (Å²) < 4.78 is 65.4. The van der Waals surface area contributed by atoms with Gasteiger partial charge in [0.2, 0.25) is 0 Å². The predicted octanol–water partition coefficient (Wildman–Crippen LogP) is 4.67. The topological polar surface area (TPSA) is 68.5 Å². The summed E-state index contributed by atoms with van der Waals surface area (Å²) in [5.74, 6) is -1.82. The van der Waals surface area contributed by atoms with E-state index < -0.39 is 26.6 Å². The van der Waals surface area contributed by atoms with Crippen molar-refractivity contribution in [2.24, 2.45) is 0 Å². The van der Waals surface area contributed by atoms with Crippen LogP contribution in [0.4, 0.5) is 14.5 Å². The maximum Gasteiger partial charge on any atom is 0.264 e. The maximum absolute atomic E-state index is 13.9. The van der Waals surface area contributed by atoms with Gasteiger partial charge >= 0.3 is 0 Å². The average molecular weight is 389 g/mol. The minimum Gasteiger partial charge on any atom is -0.495 e. The lowest BCUT2D eigenvalue weighted by Crippen LogP contribution is -2.15. The molecule has 1 heterocycles. The Morgan fingerprint density at radius 3 is 2.48 bits per heavy atom. The van der Waals surface area contributed by atoms with E-state index in [1.807, 2.05) is 18.2 Å². The van der Waals surface area contributed by atoms with Gasteiger partial charge in [-0.15, -0.1) is 0 Å². The zero-order valence-corrected chi connectivity index (χ0v) is 14.8. The van der Waals surface area contributed by atoms with Crippen molar-refractivity contribution in [1.29, 1.82) is 0 Å². The van der Waals surface area contributed by atoms with Crippen molar-refractivity contribution in [3.05, 3.63) is 66.2 Å². The van der Waals surface area contributed by atoms with Crippen molar-refractivity contribution >= 4 is 37.6 Å². The minimum absolute atomic E-state index is 0.0766. The first-order valence-electron chi connectivity index (χ1n) is 7.86. The number of hydrogen-bond donors (Lipinski definition) is 1. The van der Waals surface area contributed by atoms with E-state index >= 15 is 0 Å². The molecule has 0 unspecified atom stereocenters. The SMILES string of the molecule is COc1cc2c(cc1NS(=O)(=O)c1ccc(F)cc1F)oc1ccccc12. The predicted molar refractivity (Wildman–Crippen MR) is 97.4 cm³/mol. The molecular formula is C19H13F2NO4S. The number of rotatable bonds is 4. The lowest BCUT2D eigenvalue weighted by atomic mass is 10.1. The molecule has 3 aromatic carbocycles. The molecule has 0 amide bonds. The third kappa shape index (κ3) is 2.97. The Bertz CT molecular complexity index is 1280. The van der Waals surface area contributed by atoms with Crippen LogP contribution in [0.3, 0.4) is 0 Å². The van der Waals surface area contributed by atoms with E-state index in [-0.39, 0.29) is 11.4 Å². The van der Waals surface area contributed by atoms with Crippen LogP contribution in [-0.4, -0.2) is 15.5 Å². The number of benzene rings is 3. The fraction of sp³-hybridized carbons (Fsp3) is 0.0526. The van der Waals surface area contributed by atoms with E-state index in [1.165, 1.54) is 13.2 Å². The fourth-order valence-electron chi connectivity index (χ4n) is 2.89. The largest absolute Gasteiger partial charge is 0.495 e. The van der Waals surface area contributed by atoms with Crippen LogP contribution >= 0.6 is 0 Å². The molecule has 4 rings (SSSR count). The van der Waals surface area contributed by atoms with E-state index in [1.54, 1.807) is 12.1 Å². The van der Waals surface area contributed by atoms with E-state index in [0.29, 0.717) is 17.2 Å². The van der Waals surface area contributed by atoms with Crippen molar-refractivity contribution in [1.82, 2.24) is 0 Å². The Kier molecular flexibility index (Phi) is 4.00. The van der Waals surface area contributed by atoms with E-state index in [2.05, 4.69) is 4.72 Å². The molecule has 0 fully saturated rings. The molecule has 0 spiro atoms. The number of furan rings is 1. The summed E-state index contributed by atoms with van der Waals surface area (Å²) in [4.78, 5) is -0.671. The van der Waals surface area contributed by atoms with E-state index in [4.69, 9.17) is 9.15 Å². The summed E-state index contributed by atoms with van der Waals surface area (Å²) in [6.45, 7) is 0. The molecule has 1 N–H and O–H groups in total. The van der Waals surface area contributed by atoms with Gasteiger partial charge in [-0.3, -0.25) is 4.72 Å². The molecule has 0 aliphatic rings. The van der Waals surface area contributed by atoms with Crippen LogP contribution in [0, 0.1) is 11.6 Å². The number of sulfonamides is 1. The summed E-state index contributed by atoms with van der Waals surface area (Å²) in [5, 5.41) is 1.60. The second-order valence-corrected chi connectivity index (χ2v) is 7.48. The highest BCUT2D eigenvalue weighted by Crippen LogP contribution is 2.37. The van der Waals surface area contributed by atoms with Crippen molar-refractivity contribution in [2.75, 3.05) is 11.8 Å². The Morgan fingerprint density at radius 2 is 1.74 bits per heavy atom. The Labute approximate surface area is 153 Å². The van der Waals surface area contributed by atoms with Crippen LogP contribution in [0.5, 0.6) is 5.75 Å². The monoisotopic (exact) mass is 389 g/mol. The fourth-order valence-corrected chi connectivity index (χ4v) is 4.01. The number of fused-ring (bicyclic) bond motifs is 3.